The Morgan fingerprint density at radius 2 is 1.83 bits per heavy atom. The van der Waals surface area contributed by atoms with Gasteiger partial charge in [-0.3, -0.25) is 4.79 Å². The third-order valence-corrected chi connectivity index (χ3v) is 4.10. The number of hydrogen-bond donors (Lipinski definition) is 0. The highest BCUT2D eigenvalue weighted by atomic mass is 16.5. The molecule has 1 saturated heterocycles. The Bertz CT molecular complexity index is 690. The minimum atomic E-state index is 0.0477. The van der Waals surface area contributed by atoms with Gasteiger partial charge in [0.2, 0.25) is 5.91 Å². The first-order valence-corrected chi connectivity index (χ1v) is 8.03. The average molecular weight is 323 g/mol. The second-order valence-corrected chi connectivity index (χ2v) is 5.61. The van der Waals surface area contributed by atoms with E-state index in [2.05, 4.69) is 9.88 Å². The largest absolute Gasteiger partial charge is 0.497 e. The van der Waals surface area contributed by atoms with Gasteiger partial charge in [0.05, 0.1) is 7.11 Å². The van der Waals surface area contributed by atoms with E-state index in [1.165, 1.54) is 0 Å². The van der Waals surface area contributed by atoms with Crippen molar-refractivity contribution < 1.29 is 9.53 Å². The summed E-state index contributed by atoms with van der Waals surface area (Å²) < 4.78 is 5.13. The Balaban J connectivity index is 1.54. The van der Waals surface area contributed by atoms with Gasteiger partial charge in [0.15, 0.2) is 0 Å². The second-order valence-electron chi connectivity index (χ2n) is 5.61. The quantitative estimate of drug-likeness (QED) is 0.811. The third kappa shape index (κ3) is 3.93. The number of rotatable bonds is 4. The minimum Gasteiger partial charge on any atom is -0.497 e. The van der Waals surface area contributed by atoms with Crippen LogP contribution in [0.15, 0.2) is 54.7 Å². The lowest BCUT2D eigenvalue weighted by molar-refractivity contribution is -0.126. The first-order chi connectivity index (χ1) is 11.8. The predicted molar refractivity (Wildman–Crippen MR) is 95.1 cm³/mol. The van der Waals surface area contributed by atoms with E-state index in [-0.39, 0.29) is 5.91 Å². The number of aromatic nitrogens is 1. The number of ether oxygens (including phenoxy) is 1. The van der Waals surface area contributed by atoms with Gasteiger partial charge in [-0.1, -0.05) is 18.2 Å². The van der Waals surface area contributed by atoms with Crippen LogP contribution in [0.2, 0.25) is 0 Å². The minimum absolute atomic E-state index is 0.0477. The molecule has 3 rings (SSSR count). The van der Waals surface area contributed by atoms with Crippen molar-refractivity contribution in [1.29, 1.82) is 0 Å². The van der Waals surface area contributed by atoms with Crippen LogP contribution in [0.5, 0.6) is 5.75 Å². The zero-order valence-electron chi connectivity index (χ0n) is 13.8. The summed E-state index contributed by atoms with van der Waals surface area (Å²) in [6.45, 7) is 3.03. The van der Waals surface area contributed by atoms with Crippen LogP contribution in [0.1, 0.15) is 5.56 Å². The van der Waals surface area contributed by atoms with Crippen LogP contribution < -0.4 is 9.64 Å². The molecule has 2 aromatic rings. The number of hydrogen-bond acceptors (Lipinski definition) is 4. The normalized spacial score (nSPS) is 14.9. The SMILES string of the molecule is COc1ccc(/C=C\C(=O)N2CCN(c3ccccn3)CC2)cc1. The van der Waals surface area contributed by atoms with E-state index in [0.29, 0.717) is 13.1 Å². The summed E-state index contributed by atoms with van der Waals surface area (Å²) in [6.07, 6.45) is 5.27. The summed E-state index contributed by atoms with van der Waals surface area (Å²) in [5.41, 5.74) is 0.983. The van der Waals surface area contributed by atoms with Gasteiger partial charge in [-0.2, -0.15) is 0 Å². The zero-order chi connectivity index (χ0) is 16.8. The zero-order valence-corrected chi connectivity index (χ0v) is 13.8. The molecule has 0 spiro atoms. The molecule has 1 aromatic carbocycles. The van der Waals surface area contributed by atoms with E-state index in [9.17, 15) is 4.79 Å². The summed E-state index contributed by atoms with van der Waals surface area (Å²) in [5, 5.41) is 0. The van der Waals surface area contributed by atoms with Crippen LogP contribution in [-0.2, 0) is 4.79 Å². The van der Waals surface area contributed by atoms with Gasteiger partial charge < -0.3 is 14.5 Å². The fraction of sp³-hybridized carbons (Fsp3) is 0.263. The van der Waals surface area contributed by atoms with E-state index in [0.717, 1.165) is 30.2 Å². The van der Waals surface area contributed by atoms with Gasteiger partial charge in [0.1, 0.15) is 11.6 Å². The van der Waals surface area contributed by atoms with Gasteiger partial charge in [-0.25, -0.2) is 4.98 Å². The van der Waals surface area contributed by atoms with Gasteiger partial charge in [-0.15, -0.1) is 0 Å². The monoisotopic (exact) mass is 323 g/mol. The standard InChI is InChI=1S/C19H21N3O2/c1-24-17-8-5-16(6-9-17)7-10-19(23)22-14-12-21(13-15-22)18-4-2-3-11-20-18/h2-11H,12-15H2,1H3/b10-7-. The molecule has 5 nitrogen and oxygen atoms in total. The molecule has 2 heterocycles. The molecule has 0 radical (unpaired) electrons. The van der Waals surface area contributed by atoms with Gasteiger partial charge in [0.25, 0.3) is 0 Å². The number of piperazine rings is 1. The van der Waals surface area contributed by atoms with Crippen LogP contribution in [0.3, 0.4) is 0 Å². The van der Waals surface area contributed by atoms with Crippen molar-refractivity contribution in [2.45, 2.75) is 0 Å². The number of benzene rings is 1. The molecule has 1 amide bonds. The number of anilines is 1. The fourth-order valence-electron chi connectivity index (χ4n) is 2.68. The molecule has 24 heavy (non-hydrogen) atoms. The van der Waals surface area contributed by atoms with E-state index >= 15 is 0 Å². The van der Waals surface area contributed by atoms with E-state index < -0.39 is 0 Å². The van der Waals surface area contributed by atoms with Crippen molar-refractivity contribution in [3.63, 3.8) is 0 Å². The number of nitrogens with zero attached hydrogens (tertiary/aromatic N) is 3. The smallest absolute Gasteiger partial charge is 0.246 e. The van der Waals surface area contributed by atoms with Gasteiger partial charge in [0, 0.05) is 38.5 Å². The maximum Gasteiger partial charge on any atom is 0.246 e. The summed E-state index contributed by atoms with van der Waals surface area (Å²) in [4.78, 5) is 20.8. The molecule has 1 aliphatic rings. The number of carbonyl (C=O) groups excluding carboxylic acids is 1. The molecule has 0 bridgehead atoms. The predicted octanol–water partition coefficient (Wildman–Crippen LogP) is 2.45. The van der Waals surface area contributed by atoms with Crippen molar-refractivity contribution in [1.82, 2.24) is 9.88 Å². The molecule has 0 atom stereocenters. The Labute approximate surface area is 142 Å². The molecule has 1 fully saturated rings. The Kier molecular flexibility index (Phi) is 5.11. The summed E-state index contributed by atoms with van der Waals surface area (Å²) in [7, 11) is 1.64. The fourth-order valence-corrected chi connectivity index (χ4v) is 2.68. The van der Waals surface area contributed by atoms with Crippen molar-refractivity contribution in [2.24, 2.45) is 0 Å². The summed E-state index contributed by atoms with van der Waals surface area (Å²) >= 11 is 0. The molecule has 124 valence electrons. The van der Waals surface area contributed by atoms with E-state index in [4.69, 9.17) is 4.74 Å². The van der Waals surface area contributed by atoms with E-state index in [1.54, 1.807) is 19.4 Å². The highest BCUT2D eigenvalue weighted by Gasteiger charge is 2.20. The first kappa shape index (κ1) is 16.1. The number of pyridine rings is 1. The molecule has 0 aliphatic carbocycles. The Hall–Kier alpha value is -2.82. The molecular formula is C19H21N3O2. The number of amides is 1. The van der Waals surface area contributed by atoms with Crippen molar-refractivity contribution in [3.05, 3.63) is 60.3 Å². The summed E-state index contributed by atoms with van der Waals surface area (Å²) in [6, 6.07) is 13.5. The lowest BCUT2D eigenvalue weighted by Crippen LogP contribution is -2.48. The molecule has 0 unspecified atom stereocenters. The van der Waals surface area contributed by atoms with Gasteiger partial charge in [-0.05, 0) is 35.9 Å². The maximum absolute atomic E-state index is 12.3. The Morgan fingerprint density at radius 1 is 1.08 bits per heavy atom. The molecule has 5 heteroatoms. The average Bonchev–Trinajstić information content (AvgIpc) is 2.67. The molecule has 1 aliphatic heterocycles. The highest BCUT2D eigenvalue weighted by molar-refractivity contribution is 5.92. The molecular weight excluding hydrogens is 302 g/mol. The van der Waals surface area contributed by atoms with Crippen LogP contribution in [-0.4, -0.2) is 49.1 Å². The van der Waals surface area contributed by atoms with Crippen molar-refractivity contribution in [2.75, 3.05) is 38.2 Å². The molecule has 0 saturated carbocycles. The number of carbonyl (C=O) groups is 1. The van der Waals surface area contributed by atoms with Crippen molar-refractivity contribution >= 4 is 17.8 Å². The topological polar surface area (TPSA) is 45.7 Å². The van der Waals surface area contributed by atoms with E-state index in [1.807, 2.05) is 53.4 Å². The van der Waals surface area contributed by atoms with Crippen LogP contribution >= 0.6 is 0 Å². The highest BCUT2D eigenvalue weighted by Crippen LogP contribution is 2.14. The first-order valence-electron chi connectivity index (χ1n) is 8.03. The lowest BCUT2D eigenvalue weighted by Gasteiger charge is -2.34. The third-order valence-electron chi connectivity index (χ3n) is 4.10. The molecule has 0 N–H and O–H groups in total. The van der Waals surface area contributed by atoms with Crippen molar-refractivity contribution in [3.8, 4) is 5.75 Å². The van der Waals surface area contributed by atoms with Gasteiger partial charge >= 0.3 is 0 Å². The van der Waals surface area contributed by atoms with Crippen LogP contribution in [0.4, 0.5) is 5.82 Å². The number of methoxy groups -OCH3 is 1. The summed E-state index contributed by atoms with van der Waals surface area (Å²) in [5.74, 6) is 1.83. The van der Waals surface area contributed by atoms with Crippen LogP contribution in [0.25, 0.3) is 6.08 Å². The molecule has 1 aromatic heterocycles. The Morgan fingerprint density at radius 3 is 2.46 bits per heavy atom. The second kappa shape index (κ2) is 7.64. The maximum atomic E-state index is 12.3. The lowest BCUT2D eigenvalue weighted by atomic mass is 10.2. The van der Waals surface area contributed by atoms with Crippen LogP contribution in [0, 0.1) is 0 Å².